The van der Waals surface area contributed by atoms with Crippen molar-refractivity contribution in [2.24, 2.45) is 21.7 Å². The van der Waals surface area contributed by atoms with E-state index in [1.807, 2.05) is 45.8 Å². The summed E-state index contributed by atoms with van der Waals surface area (Å²) in [6, 6.07) is 8.56. The fourth-order valence-corrected chi connectivity index (χ4v) is 24.9. The molecule has 4 aromatic heterocycles. The number of nitrogens with zero attached hydrogens (tertiary/aromatic N) is 4. The van der Waals surface area contributed by atoms with Crippen LogP contribution in [0.4, 0.5) is 0 Å². The van der Waals surface area contributed by atoms with Crippen LogP contribution in [0.2, 0.25) is 0 Å². The summed E-state index contributed by atoms with van der Waals surface area (Å²) in [7, 11) is -12.8. The summed E-state index contributed by atoms with van der Waals surface area (Å²) in [6.07, 6.45) is 7.46. The number of fused-ring (bicyclic) bond motifs is 8. The van der Waals surface area contributed by atoms with Crippen molar-refractivity contribution in [3.8, 4) is 0 Å². The molecule has 8 aliphatic heterocycles. The molecule has 0 unspecified atom stereocenters. The van der Waals surface area contributed by atoms with E-state index in [0.29, 0.717) is 43.0 Å². The zero-order chi connectivity index (χ0) is 46.2. The molecule has 0 radical (unpaired) electrons. The average Bonchev–Trinajstić information content (AvgIpc) is 4.00. The van der Waals surface area contributed by atoms with Gasteiger partial charge in [-0.25, -0.2) is 33.7 Å². The molecule has 8 aliphatic rings. The van der Waals surface area contributed by atoms with E-state index in [0.717, 1.165) is 73.6 Å². The quantitative estimate of drug-likeness (QED) is 0.171. The molecule has 352 valence electrons. The molecule has 64 heavy (non-hydrogen) atoms. The lowest BCUT2D eigenvalue weighted by Crippen LogP contribution is -2.40. The van der Waals surface area contributed by atoms with Crippen LogP contribution >= 0.6 is 45.3 Å². The maximum Gasteiger partial charge on any atom is 0.253 e. The molecule has 12 rings (SSSR count). The summed E-state index contributed by atoms with van der Waals surface area (Å²) in [5, 5.41) is 7.54. The van der Waals surface area contributed by atoms with E-state index in [4.69, 9.17) is 0 Å². The molecule has 0 amide bonds. The summed E-state index contributed by atoms with van der Waals surface area (Å²) >= 11 is 5.41. The lowest BCUT2D eigenvalue weighted by Gasteiger charge is -2.28. The van der Waals surface area contributed by atoms with Crippen molar-refractivity contribution in [3.63, 3.8) is 0 Å². The summed E-state index contributed by atoms with van der Waals surface area (Å²) in [5.74, 6) is 0. The second kappa shape index (κ2) is 16.0. The van der Waals surface area contributed by atoms with Crippen molar-refractivity contribution in [1.29, 1.82) is 0 Å². The van der Waals surface area contributed by atoms with Crippen LogP contribution in [0.1, 0.15) is 103 Å². The number of sulfonamides is 4. The van der Waals surface area contributed by atoms with Gasteiger partial charge in [0.2, 0.25) is 0 Å². The van der Waals surface area contributed by atoms with E-state index in [-0.39, 0.29) is 45.8 Å². The van der Waals surface area contributed by atoms with Crippen molar-refractivity contribution in [1.82, 2.24) is 17.2 Å². The predicted octanol–water partition coefficient (Wildman–Crippen LogP) is 8.37. The van der Waals surface area contributed by atoms with E-state index in [1.165, 1.54) is 45.3 Å². The first-order chi connectivity index (χ1) is 29.6. The first kappa shape index (κ1) is 47.5. The van der Waals surface area contributed by atoms with Crippen molar-refractivity contribution >= 4 is 85.4 Å². The number of hydrogen-bond donors (Lipinski definition) is 0. The summed E-state index contributed by atoms with van der Waals surface area (Å²) < 4.78 is 108. The van der Waals surface area contributed by atoms with Gasteiger partial charge < -0.3 is 0 Å². The largest absolute Gasteiger partial charge is 0.253 e. The third-order valence-corrected chi connectivity index (χ3v) is 27.7. The van der Waals surface area contributed by atoms with Crippen molar-refractivity contribution in [2.45, 2.75) is 148 Å². The van der Waals surface area contributed by atoms with E-state index >= 15 is 0 Å². The van der Waals surface area contributed by atoms with Gasteiger partial charge in [-0.3, -0.25) is 0 Å². The van der Waals surface area contributed by atoms with E-state index in [9.17, 15) is 33.7 Å². The molecule has 0 aromatic carbocycles. The molecule has 4 atom stereocenters. The highest BCUT2D eigenvalue weighted by molar-refractivity contribution is 7.92. The van der Waals surface area contributed by atoms with Gasteiger partial charge in [0.15, 0.2) is 0 Å². The highest BCUT2D eigenvalue weighted by Crippen LogP contribution is 2.48. The highest BCUT2D eigenvalue weighted by atomic mass is 32.3. The molecular weight excluding hydrogens is 969 g/mol. The Labute approximate surface area is 396 Å². The minimum Gasteiger partial charge on any atom is -0.206 e. The molecule has 0 bridgehead atoms. The Kier molecular flexibility index (Phi) is 11.9. The van der Waals surface area contributed by atoms with Crippen molar-refractivity contribution in [3.05, 3.63) is 68.0 Å². The highest BCUT2D eigenvalue weighted by Gasteiger charge is 2.51. The van der Waals surface area contributed by atoms with Crippen LogP contribution in [-0.2, 0) is 65.8 Å². The topological polar surface area (TPSA) is 150 Å². The van der Waals surface area contributed by atoms with Crippen molar-refractivity contribution in [2.75, 3.05) is 26.2 Å². The molecule has 4 fully saturated rings. The molecule has 0 N–H and O–H groups in total. The van der Waals surface area contributed by atoms with Gasteiger partial charge in [-0.1, -0.05) is 55.4 Å². The third-order valence-electron chi connectivity index (χ3n) is 13.9. The SMILES string of the molecule is CC1(C)C[C@H]2Cc3ccsc3S(=O)(=O)N2C1.CC1(C)C[C@H]2Cc3ccsc3S(=O)(=O)N2C1.CC1(C)C[C@H]2Cc3ccsc3S(=O)(=O)N2C1.CC1(C)C[C@H]2Cc3ccsc3S(=O)(=O)N2C1. The zero-order valence-electron chi connectivity index (χ0n) is 37.7. The average molecular weight is 1030 g/mol. The first-order valence-corrected chi connectivity index (χ1v) is 31.2. The Bertz CT molecular complexity index is 2510. The maximum absolute atomic E-state index is 12.4. The van der Waals surface area contributed by atoms with E-state index in [2.05, 4.69) is 55.4 Å². The molecule has 0 aliphatic carbocycles. The van der Waals surface area contributed by atoms with Crippen LogP contribution < -0.4 is 0 Å². The van der Waals surface area contributed by atoms with Gasteiger partial charge in [-0.15, -0.1) is 45.3 Å². The van der Waals surface area contributed by atoms with Crippen LogP contribution in [0.5, 0.6) is 0 Å². The molecule has 12 heterocycles. The monoisotopic (exact) mass is 1030 g/mol. The lowest BCUT2D eigenvalue weighted by molar-refractivity contribution is 0.359. The Morgan fingerprint density at radius 2 is 0.562 bits per heavy atom. The standard InChI is InChI=1S/4C11H15NO2S2/c4*1-11(2)6-9-5-8-3-4-15-10(8)16(13,14)12(9)7-11/h4*3-4,9H,5-7H2,1-2H3/t4*9-/m1111/s1. The molecule has 20 heteroatoms. The summed E-state index contributed by atoms with van der Waals surface area (Å²) in [6.45, 7) is 19.8. The Hall–Kier alpha value is -1.56. The van der Waals surface area contributed by atoms with Gasteiger partial charge >= 0.3 is 0 Å². The molecule has 0 saturated carbocycles. The van der Waals surface area contributed by atoms with Crippen LogP contribution in [0, 0.1) is 21.7 Å². The third kappa shape index (κ3) is 8.51. The number of hydrogen-bond acceptors (Lipinski definition) is 12. The summed E-state index contributed by atoms with van der Waals surface area (Å²) in [4.78, 5) is 0. The van der Waals surface area contributed by atoms with Crippen LogP contribution in [-0.4, -0.2) is 101 Å². The zero-order valence-corrected chi connectivity index (χ0v) is 44.3. The smallest absolute Gasteiger partial charge is 0.206 e. The fraction of sp³-hybridized carbons (Fsp3) is 0.636. The van der Waals surface area contributed by atoms with Gasteiger partial charge in [0.1, 0.15) is 16.8 Å². The second-order valence-electron chi connectivity index (χ2n) is 22.0. The molecule has 4 saturated heterocycles. The number of thiophene rings is 4. The minimum atomic E-state index is -3.20. The van der Waals surface area contributed by atoms with Crippen LogP contribution in [0.15, 0.2) is 62.6 Å². The Morgan fingerprint density at radius 3 is 0.750 bits per heavy atom. The predicted molar refractivity (Wildman–Crippen MR) is 256 cm³/mol. The first-order valence-electron chi connectivity index (χ1n) is 21.9. The van der Waals surface area contributed by atoms with E-state index in [1.54, 1.807) is 17.2 Å². The fourth-order valence-electron chi connectivity index (χ4n) is 11.5. The van der Waals surface area contributed by atoms with Crippen LogP contribution in [0.25, 0.3) is 0 Å². The van der Waals surface area contributed by atoms with Gasteiger partial charge in [-0.2, -0.15) is 17.2 Å². The maximum atomic E-state index is 12.4. The lowest BCUT2D eigenvalue weighted by atomic mass is 9.89. The van der Waals surface area contributed by atoms with Gasteiger partial charge in [0.05, 0.1) is 0 Å². The van der Waals surface area contributed by atoms with E-state index < -0.39 is 40.1 Å². The van der Waals surface area contributed by atoms with Crippen molar-refractivity contribution < 1.29 is 33.7 Å². The molecule has 4 aromatic rings. The summed E-state index contributed by atoms with van der Waals surface area (Å²) in [5.41, 5.74) is 4.54. The Balaban J connectivity index is 0.000000108. The van der Waals surface area contributed by atoms with Gasteiger partial charge in [0.25, 0.3) is 40.1 Å². The molecule has 12 nitrogen and oxygen atoms in total. The van der Waals surface area contributed by atoms with Crippen LogP contribution in [0.3, 0.4) is 0 Å². The normalized spacial score (nSPS) is 31.0. The van der Waals surface area contributed by atoms with Gasteiger partial charge in [0, 0.05) is 50.3 Å². The molecular formula is C44H60N4O8S8. The Morgan fingerprint density at radius 1 is 0.375 bits per heavy atom. The second-order valence-corrected chi connectivity index (χ2v) is 34.0. The molecule has 0 spiro atoms. The van der Waals surface area contributed by atoms with Gasteiger partial charge in [-0.05, 0) is 141 Å². The minimum absolute atomic E-state index is 0.117. The number of rotatable bonds is 0.